The Balaban J connectivity index is 2.12. The first-order valence-electron chi connectivity index (χ1n) is 7.03. The summed E-state index contributed by atoms with van der Waals surface area (Å²) in [5, 5.41) is 20.8. The molecule has 6 heteroatoms. The molecule has 6 nitrogen and oxygen atoms in total. The molecule has 0 radical (unpaired) electrons. The van der Waals surface area contributed by atoms with E-state index in [1.54, 1.807) is 0 Å². The molecule has 0 spiro atoms. The Hall–Kier alpha value is -1.71. The summed E-state index contributed by atoms with van der Waals surface area (Å²) in [7, 11) is 0. The van der Waals surface area contributed by atoms with Crippen LogP contribution in [0.1, 0.15) is 30.7 Å². The molecule has 0 aliphatic carbocycles. The Morgan fingerprint density at radius 1 is 1.40 bits per heavy atom. The Morgan fingerprint density at radius 3 is 2.85 bits per heavy atom. The second-order valence-electron chi connectivity index (χ2n) is 4.63. The fourth-order valence-corrected chi connectivity index (χ4v) is 2.27. The largest absolute Gasteiger partial charge is 0.473 e. The van der Waals surface area contributed by atoms with Gasteiger partial charge in [-0.2, -0.15) is 10.4 Å². The average Bonchev–Trinajstić information content (AvgIpc) is 2.52. The van der Waals surface area contributed by atoms with Gasteiger partial charge >= 0.3 is 0 Å². The fraction of sp³-hybridized carbons (Fsp3) is 0.643. The summed E-state index contributed by atoms with van der Waals surface area (Å²) < 4.78 is 11.2. The number of hydrogen-bond acceptors (Lipinski definition) is 6. The first kappa shape index (κ1) is 14.7. The van der Waals surface area contributed by atoms with E-state index in [1.807, 2.05) is 13.8 Å². The highest BCUT2D eigenvalue weighted by Crippen LogP contribution is 2.22. The minimum atomic E-state index is -0.00646. The zero-order chi connectivity index (χ0) is 14.4. The molecule has 1 saturated heterocycles. The van der Waals surface area contributed by atoms with Crippen LogP contribution in [0.4, 0.5) is 0 Å². The topological polar surface area (TPSA) is 80.1 Å². The summed E-state index contributed by atoms with van der Waals surface area (Å²) in [6.45, 7) is 6.69. The van der Waals surface area contributed by atoms with Gasteiger partial charge in [0.1, 0.15) is 24.3 Å². The van der Waals surface area contributed by atoms with Crippen LogP contribution in [0.2, 0.25) is 0 Å². The summed E-state index contributed by atoms with van der Waals surface area (Å²) in [5.74, 6) is 0.315. The number of aryl methyl sites for hydroxylation is 1. The minimum Gasteiger partial charge on any atom is -0.473 e. The third kappa shape index (κ3) is 3.24. The second-order valence-corrected chi connectivity index (χ2v) is 4.63. The van der Waals surface area contributed by atoms with Gasteiger partial charge in [0.05, 0.1) is 12.3 Å². The van der Waals surface area contributed by atoms with Crippen molar-refractivity contribution in [2.45, 2.75) is 32.8 Å². The molecule has 20 heavy (non-hydrogen) atoms. The lowest BCUT2D eigenvalue weighted by Gasteiger charge is -2.23. The maximum Gasteiger partial charge on any atom is 0.251 e. The monoisotopic (exact) mass is 276 g/mol. The molecule has 2 rings (SSSR count). The average molecular weight is 276 g/mol. The Bertz CT molecular complexity index is 493. The Labute approximate surface area is 119 Å². The number of aromatic nitrogens is 2. The van der Waals surface area contributed by atoms with E-state index in [2.05, 4.69) is 21.6 Å². The van der Waals surface area contributed by atoms with Gasteiger partial charge in [-0.15, -0.1) is 5.10 Å². The smallest absolute Gasteiger partial charge is 0.251 e. The van der Waals surface area contributed by atoms with Gasteiger partial charge in [-0.25, -0.2) is 0 Å². The van der Waals surface area contributed by atoms with E-state index >= 15 is 0 Å². The van der Waals surface area contributed by atoms with E-state index < -0.39 is 0 Å². The highest BCUT2D eigenvalue weighted by molar-refractivity contribution is 5.46. The fourth-order valence-electron chi connectivity index (χ4n) is 2.27. The van der Waals surface area contributed by atoms with Gasteiger partial charge in [-0.3, -0.25) is 0 Å². The van der Waals surface area contributed by atoms with Crippen LogP contribution < -0.4 is 10.1 Å². The summed E-state index contributed by atoms with van der Waals surface area (Å²) in [6.07, 6.45) is 1.51. The zero-order valence-electron chi connectivity index (χ0n) is 12.0. The predicted molar refractivity (Wildman–Crippen MR) is 73.6 cm³/mol. The van der Waals surface area contributed by atoms with E-state index in [9.17, 15) is 5.26 Å². The number of nitrogens with zero attached hydrogens (tertiary/aromatic N) is 3. The van der Waals surface area contributed by atoms with Crippen molar-refractivity contribution in [3.63, 3.8) is 0 Å². The van der Waals surface area contributed by atoms with Crippen LogP contribution in [0, 0.1) is 11.3 Å². The molecule has 0 bridgehead atoms. The van der Waals surface area contributed by atoms with Crippen molar-refractivity contribution in [3.8, 4) is 11.9 Å². The number of nitriles is 1. The molecular weight excluding hydrogens is 256 g/mol. The van der Waals surface area contributed by atoms with E-state index in [-0.39, 0.29) is 6.10 Å². The lowest BCUT2D eigenvalue weighted by molar-refractivity contribution is -0.00103. The van der Waals surface area contributed by atoms with Crippen LogP contribution in [0.5, 0.6) is 5.88 Å². The normalized spacial score (nSPS) is 18.6. The van der Waals surface area contributed by atoms with Crippen molar-refractivity contribution in [2.24, 2.45) is 0 Å². The molecule has 1 aromatic rings. The van der Waals surface area contributed by atoms with Crippen LogP contribution in [0.15, 0.2) is 0 Å². The maximum atomic E-state index is 9.35. The lowest BCUT2D eigenvalue weighted by Crippen LogP contribution is -2.41. The van der Waals surface area contributed by atoms with Gasteiger partial charge in [0.15, 0.2) is 0 Å². The number of hydrogen-bond donors (Lipinski definition) is 1. The van der Waals surface area contributed by atoms with E-state index in [0.29, 0.717) is 24.7 Å². The number of ether oxygens (including phenoxy) is 2. The summed E-state index contributed by atoms with van der Waals surface area (Å²) in [4.78, 5) is 0. The van der Waals surface area contributed by atoms with Crippen molar-refractivity contribution in [2.75, 3.05) is 26.3 Å². The van der Waals surface area contributed by atoms with E-state index in [1.165, 1.54) is 0 Å². The van der Waals surface area contributed by atoms with Crippen molar-refractivity contribution >= 4 is 0 Å². The third-order valence-corrected chi connectivity index (χ3v) is 3.34. The molecule has 1 aromatic heterocycles. The van der Waals surface area contributed by atoms with Crippen molar-refractivity contribution in [1.29, 1.82) is 5.26 Å². The highest BCUT2D eigenvalue weighted by atomic mass is 16.5. The SMILES string of the molecule is CCc1nnc(OCC2CNCCO2)c(C#N)c1CC. The van der Waals surface area contributed by atoms with Crippen molar-refractivity contribution < 1.29 is 9.47 Å². The molecule has 1 aliphatic rings. The van der Waals surface area contributed by atoms with Crippen molar-refractivity contribution in [3.05, 3.63) is 16.8 Å². The molecule has 1 N–H and O–H groups in total. The molecule has 0 aromatic carbocycles. The van der Waals surface area contributed by atoms with Crippen LogP contribution in [-0.2, 0) is 17.6 Å². The molecule has 108 valence electrons. The summed E-state index contributed by atoms with van der Waals surface area (Å²) in [5.41, 5.74) is 2.30. The zero-order valence-corrected chi connectivity index (χ0v) is 12.0. The molecular formula is C14H20N4O2. The van der Waals surface area contributed by atoms with Gasteiger partial charge in [-0.1, -0.05) is 13.8 Å². The predicted octanol–water partition coefficient (Wildman–Crippen LogP) is 0.840. The number of nitrogens with one attached hydrogen (secondary N) is 1. The third-order valence-electron chi connectivity index (χ3n) is 3.34. The Kier molecular flexibility index (Phi) is 5.27. The summed E-state index contributed by atoms with van der Waals surface area (Å²) in [6, 6.07) is 2.19. The molecule has 1 fully saturated rings. The van der Waals surface area contributed by atoms with E-state index in [4.69, 9.17) is 9.47 Å². The number of rotatable bonds is 5. The van der Waals surface area contributed by atoms with E-state index in [0.717, 1.165) is 37.2 Å². The molecule has 0 saturated carbocycles. The summed E-state index contributed by atoms with van der Waals surface area (Å²) >= 11 is 0. The lowest BCUT2D eigenvalue weighted by atomic mass is 10.0. The second kappa shape index (κ2) is 7.17. The van der Waals surface area contributed by atoms with Gasteiger partial charge in [0.2, 0.25) is 0 Å². The van der Waals surface area contributed by atoms with Crippen LogP contribution in [0.25, 0.3) is 0 Å². The standard InChI is InChI=1S/C14H20N4O2/c1-3-11-12(7-15)14(18-17-13(11)4-2)20-9-10-8-16-5-6-19-10/h10,16H,3-6,8-9H2,1-2H3. The van der Waals surface area contributed by atoms with Crippen LogP contribution in [-0.4, -0.2) is 42.6 Å². The first-order chi connectivity index (χ1) is 9.80. The van der Waals surface area contributed by atoms with Gasteiger partial charge in [-0.05, 0) is 18.4 Å². The molecule has 1 atom stereocenters. The van der Waals surface area contributed by atoms with Crippen LogP contribution in [0.3, 0.4) is 0 Å². The maximum absolute atomic E-state index is 9.35. The van der Waals surface area contributed by atoms with Gasteiger partial charge < -0.3 is 14.8 Å². The first-order valence-corrected chi connectivity index (χ1v) is 7.03. The Morgan fingerprint density at radius 2 is 2.25 bits per heavy atom. The highest BCUT2D eigenvalue weighted by Gasteiger charge is 2.18. The molecule has 0 amide bonds. The molecule has 1 aliphatic heterocycles. The number of morpholine rings is 1. The van der Waals surface area contributed by atoms with Gasteiger partial charge in [0.25, 0.3) is 5.88 Å². The molecule has 2 heterocycles. The van der Waals surface area contributed by atoms with Gasteiger partial charge in [0, 0.05) is 13.1 Å². The quantitative estimate of drug-likeness (QED) is 0.858. The van der Waals surface area contributed by atoms with Crippen LogP contribution >= 0.6 is 0 Å². The van der Waals surface area contributed by atoms with Crippen molar-refractivity contribution in [1.82, 2.24) is 15.5 Å². The minimum absolute atomic E-state index is 0.00646. The molecule has 1 unspecified atom stereocenters.